The molecule has 0 bridgehead atoms. The number of hydrogen-bond donors (Lipinski definition) is 2. The molecule has 0 aliphatic carbocycles. The van der Waals surface area contributed by atoms with Crippen molar-refractivity contribution in [2.75, 3.05) is 5.73 Å². The van der Waals surface area contributed by atoms with E-state index < -0.39 is 6.10 Å². The molecule has 0 saturated carbocycles. The Kier molecular flexibility index (Phi) is 3.76. The average Bonchev–Trinajstić information content (AvgIpc) is 2.09. The van der Waals surface area contributed by atoms with Crippen LogP contribution in [0.25, 0.3) is 0 Å². The third-order valence-electron chi connectivity index (χ3n) is 1.86. The van der Waals surface area contributed by atoms with Gasteiger partial charge in [-0.1, -0.05) is 22.0 Å². The summed E-state index contributed by atoms with van der Waals surface area (Å²) in [6.07, 6.45) is -0.463. The molecule has 0 amide bonds. The van der Waals surface area contributed by atoms with Crippen LogP contribution in [0, 0.1) is 0 Å². The molecular formula is C9H11Br2NO. The van der Waals surface area contributed by atoms with Crippen molar-refractivity contribution in [1.82, 2.24) is 0 Å². The SMILES string of the molecule is CC(O)c1cc(Br)c(N)c(CBr)c1. The van der Waals surface area contributed by atoms with Crippen molar-refractivity contribution in [3.8, 4) is 0 Å². The minimum absolute atomic E-state index is 0.463. The first kappa shape index (κ1) is 11.0. The zero-order valence-electron chi connectivity index (χ0n) is 7.22. The van der Waals surface area contributed by atoms with Crippen LogP contribution < -0.4 is 5.73 Å². The molecule has 72 valence electrons. The summed E-state index contributed by atoms with van der Waals surface area (Å²) in [7, 11) is 0. The fourth-order valence-electron chi connectivity index (χ4n) is 1.05. The number of aliphatic hydroxyl groups excluding tert-OH is 1. The van der Waals surface area contributed by atoms with Gasteiger partial charge < -0.3 is 10.8 Å². The molecule has 13 heavy (non-hydrogen) atoms. The van der Waals surface area contributed by atoms with E-state index >= 15 is 0 Å². The Bertz CT molecular complexity index is 313. The van der Waals surface area contributed by atoms with E-state index in [1.165, 1.54) is 0 Å². The summed E-state index contributed by atoms with van der Waals surface area (Å²) < 4.78 is 0.834. The topological polar surface area (TPSA) is 46.2 Å². The third kappa shape index (κ3) is 2.45. The van der Waals surface area contributed by atoms with Gasteiger partial charge in [0.05, 0.1) is 6.10 Å². The lowest BCUT2D eigenvalue weighted by molar-refractivity contribution is 0.199. The summed E-state index contributed by atoms with van der Waals surface area (Å²) in [4.78, 5) is 0. The lowest BCUT2D eigenvalue weighted by Gasteiger charge is -2.10. The maximum Gasteiger partial charge on any atom is 0.0762 e. The van der Waals surface area contributed by atoms with Gasteiger partial charge in [-0.05, 0) is 40.0 Å². The maximum absolute atomic E-state index is 9.38. The lowest BCUT2D eigenvalue weighted by atomic mass is 10.1. The van der Waals surface area contributed by atoms with Crippen LogP contribution in [-0.2, 0) is 5.33 Å². The predicted molar refractivity (Wildman–Crippen MR) is 61.8 cm³/mol. The number of benzene rings is 1. The summed E-state index contributed by atoms with van der Waals surface area (Å²) in [5.41, 5.74) is 8.39. The smallest absolute Gasteiger partial charge is 0.0762 e. The largest absolute Gasteiger partial charge is 0.398 e. The lowest BCUT2D eigenvalue weighted by Crippen LogP contribution is -1.98. The molecule has 2 nitrogen and oxygen atoms in total. The highest BCUT2D eigenvalue weighted by atomic mass is 79.9. The van der Waals surface area contributed by atoms with Crippen LogP contribution in [-0.4, -0.2) is 5.11 Å². The van der Waals surface area contributed by atoms with Gasteiger partial charge in [-0.3, -0.25) is 0 Å². The molecule has 1 rings (SSSR count). The number of alkyl halides is 1. The molecule has 1 unspecified atom stereocenters. The summed E-state index contributed by atoms with van der Waals surface area (Å²) in [5.74, 6) is 0. The Hall–Kier alpha value is -0.0600. The number of rotatable bonds is 2. The Morgan fingerprint density at radius 3 is 2.62 bits per heavy atom. The van der Waals surface area contributed by atoms with Gasteiger partial charge in [-0.15, -0.1) is 0 Å². The Labute approximate surface area is 94.4 Å². The van der Waals surface area contributed by atoms with Crippen molar-refractivity contribution in [2.45, 2.75) is 18.4 Å². The highest BCUT2D eigenvalue weighted by Gasteiger charge is 2.08. The van der Waals surface area contributed by atoms with Crippen molar-refractivity contribution in [3.63, 3.8) is 0 Å². The number of nitrogens with two attached hydrogens (primary N) is 1. The van der Waals surface area contributed by atoms with Gasteiger partial charge in [0.15, 0.2) is 0 Å². The third-order valence-corrected chi connectivity index (χ3v) is 3.12. The molecule has 0 saturated heterocycles. The second-order valence-corrected chi connectivity index (χ2v) is 4.30. The molecular weight excluding hydrogens is 298 g/mol. The van der Waals surface area contributed by atoms with Crippen LogP contribution in [0.15, 0.2) is 16.6 Å². The van der Waals surface area contributed by atoms with E-state index in [-0.39, 0.29) is 0 Å². The molecule has 1 aromatic carbocycles. The van der Waals surface area contributed by atoms with Gasteiger partial charge in [0.2, 0.25) is 0 Å². The van der Waals surface area contributed by atoms with Gasteiger partial charge in [-0.2, -0.15) is 0 Å². The van der Waals surface area contributed by atoms with Gasteiger partial charge in [0.1, 0.15) is 0 Å². The molecule has 4 heteroatoms. The van der Waals surface area contributed by atoms with Crippen molar-refractivity contribution in [3.05, 3.63) is 27.7 Å². The van der Waals surface area contributed by atoms with Crippen LogP contribution in [0.5, 0.6) is 0 Å². The zero-order valence-corrected chi connectivity index (χ0v) is 10.4. The molecule has 0 aromatic heterocycles. The number of anilines is 1. The van der Waals surface area contributed by atoms with Gasteiger partial charge in [-0.25, -0.2) is 0 Å². The van der Waals surface area contributed by atoms with E-state index in [1.54, 1.807) is 6.92 Å². The molecule has 0 aliphatic heterocycles. The normalized spacial score (nSPS) is 12.9. The van der Waals surface area contributed by atoms with E-state index in [0.29, 0.717) is 5.33 Å². The Balaban J connectivity index is 3.22. The summed E-state index contributed by atoms with van der Waals surface area (Å²) in [6.45, 7) is 1.73. The van der Waals surface area contributed by atoms with E-state index in [2.05, 4.69) is 31.9 Å². The molecule has 3 N–H and O–H groups in total. The summed E-state index contributed by atoms with van der Waals surface area (Å²) in [6, 6.07) is 3.74. The highest BCUT2D eigenvalue weighted by Crippen LogP contribution is 2.29. The molecule has 0 spiro atoms. The van der Waals surface area contributed by atoms with Crippen LogP contribution in [0.2, 0.25) is 0 Å². The Morgan fingerprint density at radius 2 is 2.15 bits per heavy atom. The highest BCUT2D eigenvalue weighted by molar-refractivity contribution is 9.10. The standard InChI is InChI=1S/C9H11Br2NO/c1-5(13)6-2-7(4-10)9(12)8(11)3-6/h2-3,5,13H,4,12H2,1H3. The van der Waals surface area contributed by atoms with Crippen molar-refractivity contribution < 1.29 is 5.11 Å². The number of aliphatic hydroxyl groups is 1. The van der Waals surface area contributed by atoms with Gasteiger partial charge >= 0.3 is 0 Å². The number of hydrogen-bond acceptors (Lipinski definition) is 2. The second kappa shape index (κ2) is 4.44. The van der Waals surface area contributed by atoms with Crippen LogP contribution in [0.1, 0.15) is 24.2 Å². The first-order valence-corrected chi connectivity index (χ1v) is 5.79. The fourth-order valence-corrected chi connectivity index (χ4v) is 2.03. The van der Waals surface area contributed by atoms with Crippen LogP contribution in [0.4, 0.5) is 5.69 Å². The van der Waals surface area contributed by atoms with Crippen LogP contribution in [0.3, 0.4) is 0 Å². The molecule has 1 atom stereocenters. The van der Waals surface area contributed by atoms with E-state index in [9.17, 15) is 5.11 Å². The Morgan fingerprint density at radius 1 is 1.54 bits per heavy atom. The van der Waals surface area contributed by atoms with Gasteiger partial charge in [0, 0.05) is 15.5 Å². The zero-order chi connectivity index (χ0) is 10.0. The minimum Gasteiger partial charge on any atom is -0.398 e. The summed E-state index contributed by atoms with van der Waals surface area (Å²) >= 11 is 6.69. The quantitative estimate of drug-likeness (QED) is 0.652. The predicted octanol–water partition coefficient (Wildman–Crippen LogP) is 2.98. The average molecular weight is 309 g/mol. The first-order valence-electron chi connectivity index (χ1n) is 3.88. The molecule has 0 heterocycles. The van der Waals surface area contributed by atoms with Crippen molar-refractivity contribution >= 4 is 37.5 Å². The van der Waals surface area contributed by atoms with Gasteiger partial charge in [0.25, 0.3) is 0 Å². The molecule has 1 aromatic rings. The van der Waals surface area contributed by atoms with Crippen molar-refractivity contribution in [1.29, 1.82) is 0 Å². The monoisotopic (exact) mass is 307 g/mol. The minimum atomic E-state index is -0.463. The second-order valence-electron chi connectivity index (χ2n) is 2.89. The molecule has 0 aliphatic rings. The number of nitrogen functional groups attached to an aromatic ring is 1. The molecule has 0 fully saturated rings. The van der Waals surface area contributed by atoms with E-state index in [1.807, 2.05) is 12.1 Å². The van der Waals surface area contributed by atoms with Crippen molar-refractivity contribution in [2.24, 2.45) is 0 Å². The molecule has 0 radical (unpaired) electrons. The fraction of sp³-hybridized carbons (Fsp3) is 0.333. The first-order chi connectivity index (χ1) is 6.06. The summed E-state index contributed by atoms with van der Waals surface area (Å²) in [5, 5.41) is 10.1. The van der Waals surface area contributed by atoms with Crippen LogP contribution >= 0.6 is 31.9 Å². The van der Waals surface area contributed by atoms with E-state index in [4.69, 9.17) is 5.73 Å². The van der Waals surface area contributed by atoms with E-state index in [0.717, 1.165) is 21.3 Å². The number of halogens is 2. The maximum atomic E-state index is 9.38.